The quantitative estimate of drug-likeness (QED) is 0.0535. The van der Waals surface area contributed by atoms with Gasteiger partial charge < -0.3 is 116 Å². The molecule has 2 aliphatic heterocycles. The van der Waals surface area contributed by atoms with Crippen LogP contribution >= 0.6 is 24.0 Å². The molecule has 2 rings (SSSR count). The predicted molar refractivity (Wildman–Crippen MR) is 378 cm³/mol. The summed E-state index contributed by atoms with van der Waals surface area (Å²) in [5.41, 5.74) is 9.58. The first-order chi connectivity index (χ1) is 27.5. The number of nitrogens with zero attached hydrogens (tertiary/aromatic N) is 5. The van der Waals surface area contributed by atoms with Gasteiger partial charge in [-0.2, -0.15) is 0 Å². The van der Waals surface area contributed by atoms with Gasteiger partial charge in [-0.25, -0.2) is 0 Å². The number of nitrogens with one attached hydrogen (secondary N) is 3. The molecule has 0 bridgehead atoms. The van der Waals surface area contributed by atoms with Gasteiger partial charge in [0.15, 0.2) is 0 Å². The van der Waals surface area contributed by atoms with Crippen molar-refractivity contribution in [2.24, 2.45) is 11.5 Å². The fourth-order valence-corrected chi connectivity index (χ4v) is 2.02. The molecule has 2 fully saturated rings. The smallest absolute Gasteiger partial charge is 0.370 e. The van der Waals surface area contributed by atoms with Gasteiger partial charge in [-0.15, -0.1) is 24.0 Å². The number of halogens is 1. The van der Waals surface area contributed by atoms with Gasteiger partial charge in [-0.3, -0.25) is 20.2 Å². The van der Waals surface area contributed by atoms with E-state index in [4.69, 9.17) is 5.73 Å². The molecule has 25 heteroatoms. The van der Waals surface area contributed by atoms with Crippen molar-refractivity contribution >= 4 is 66.0 Å². The number of likely N-dealkylation sites (N-methyl/N-ethyl adjacent to an activating group) is 5. The van der Waals surface area contributed by atoms with Crippen LogP contribution in [0, 0.1) is 250 Å². The van der Waals surface area contributed by atoms with Crippen molar-refractivity contribution in [2.45, 2.75) is 166 Å². The molecular weight excluding hydrogens is 2210 g/mol. The Labute approximate surface area is 651 Å². The fourth-order valence-electron chi connectivity index (χ4n) is 2.02. The zero-order valence-electron chi connectivity index (χ0n) is 60.8. The van der Waals surface area contributed by atoms with E-state index in [-0.39, 0.29) is 319 Å². The third-order valence-corrected chi connectivity index (χ3v) is 4.23. The SMILES string of the molecule is C=C1N(C)CCN1C.C=C1NCCN1C.CC.CC.CC.CC.CC.CC.CC.CC.CC.CC.CC.CCC[N+](=O)[O-].CN.CNCCN.CNCC[N+](=O)[O-].I.[B].[B].[B].[B].[B].[CH3-].[CH3-].[CH3-].[CH3-].[CH3-].[CH3-].[CH3-].[CH3-].[CH3-].[CH3-].[U+2].[U+2].[U+2].[U+2].[U+2]. The largest absolute Gasteiger partial charge is 2.00 e. The zero-order valence-corrected chi connectivity index (χ0v) is 84.0. The summed E-state index contributed by atoms with van der Waals surface area (Å²) in [6.07, 6.45) is 0.632. The predicted octanol–water partition coefficient (Wildman–Crippen LogP) is 13.7. The topological polar surface area (TPSA) is 184 Å². The van der Waals surface area contributed by atoms with Crippen molar-refractivity contribution in [2.75, 3.05) is 101 Å². The number of nitro groups is 2. The van der Waals surface area contributed by atoms with Crippen LogP contribution in [0.25, 0.3) is 0 Å². The first-order valence-electron chi connectivity index (χ1n) is 22.5. The summed E-state index contributed by atoms with van der Waals surface area (Å²) in [5.74, 6) is 2.17. The molecule has 0 aromatic rings. The molecule has 0 amide bonds. The van der Waals surface area contributed by atoms with Gasteiger partial charge in [0.1, 0.15) is 0 Å². The van der Waals surface area contributed by atoms with E-state index >= 15 is 0 Å². The van der Waals surface area contributed by atoms with Gasteiger partial charge in [0, 0.05) is 119 Å². The maximum atomic E-state index is 9.52. The summed E-state index contributed by atoms with van der Waals surface area (Å²) in [4.78, 5) is 24.7. The molecule has 14 nitrogen and oxygen atoms in total. The van der Waals surface area contributed by atoms with Gasteiger partial charge in [-0.05, 0) is 21.1 Å². The monoisotopic (exact) mass is 2360 g/mol. The molecule has 477 valence electrons. The first kappa shape index (κ1) is 255. The molecule has 0 aromatic carbocycles. The molecule has 0 aromatic heterocycles. The Balaban J connectivity index is -0.00000000716. The second kappa shape index (κ2) is 361. The first-order valence-corrected chi connectivity index (χ1v) is 22.5. The normalized spacial score (nSPS) is 6.78. The Hall–Kier alpha value is 3.63. The van der Waals surface area contributed by atoms with E-state index in [9.17, 15) is 20.2 Å². The van der Waals surface area contributed by atoms with Crippen molar-refractivity contribution in [1.29, 1.82) is 0 Å². The van der Waals surface area contributed by atoms with Crippen LogP contribution in [0.2, 0.25) is 0 Å². The molecule has 78 heavy (non-hydrogen) atoms. The Kier molecular flexibility index (Phi) is 1180. The summed E-state index contributed by atoms with van der Waals surface area (Å²) < 4.78 is 0. The van der Waals surface area contributed by atoms with Crippen molar-refractivity contribution in [3.8, 4) is 0 Å². The van der Waals surface area contributed by atoms with Crippen LogP contribution in [0.1, 0.15) is 166 Å². The molecule has 7 N–H and O–H groups in total. The third kappa shape index (κ3) is 388. The minimum absolute atomic E-state index is 0. The third-order valence-electron chi connectivity index (χ3n) is 4.23. The molecule has 0 unspecified atom stereocenters. The zero-order chi connectivity index (χ0) is 50.2. The Morgan fingerprint density at radius 3 is 0.718 bits per heavy atom. The van der Waals surface area contributed by atoms with Crippen molar-refractivity contribution in [3.05, 3.63) is 119 Å². The summed E-state index contributed by atoms with van der Waals surface area (Å²) in [6, 6.07) is 0. The average Bonchev–Trinajstić information content (AvgIpc) is 3.83. The molecule has 15 radical (unpaired) electrons. The molecular formula is C53H149B5IN10O4U5. The summed E-state index contributed by atoms with van der Waals surface area (Å²) in [6.45, 7) is 60.0. The average molecular weight is 2360 g/mol. The number of nitrogens with two attached hydrogens (primary N) is 2. The Bertz CT molecular complexity index is 600. The summed E-state index contributed by atoms with van der Waals surface area (Å²) in [7, 11) is 11.2. The molecule has 2 heterocycles. The number of hydrogen-bond acceptors (Lipinski definition) is 12. The second-order valence-corrected chi connectivity index (χ2v) is 7.16. The number of hydrogen-bond donors (Lipinski definition) is 5. The van der Waals surface area contributed by atoms with E-state index in [2.05, 4.69) is 63.6 Å². The van der Waals surface area contributed by atoms with E-state index in [1.807, 2.05) is 166 Å². The van der Waals surface area contributed by atoms with Crippen LogP contribution in [0.4, 0.5) is 0 Å². The molecule has 2 aliphatic rings. The van der Waals surface area contributed by atoms with Crippen LogP contribution in [-0.2, 0) is 0 Å². The van der Waals surface area contributed by atoms with Crippen LogP contribution in [0.15, 0.2) is 24.8 Å². The summed E-state index contributed by atoms with van der Waals surface area (Å²) >= 11 is 0. The minimum atomic E-state index is -0.351. The van der Waals surface area contributed by atoms with E-state index < -0.39 is 0 Å². The maximum Gasteiger partial charge on any atom is 2.00 e. The van der Waals surface area contributed by atoms with Gasteiger partial charge in [0.2, 0.25) is 13.1 Å². The standard InChI is InChI=1S/C6H12N2.C5H10N2.C3H8N2O2.C3H10N2.C3H7NO2.11C2H6.CH5N.10CH3.5B.HI.5U/c1-6-7(2)4-5-8(6)3;1-5-6-3-4-7(5)2;1-4-2-3-5(6)7;1-5-3-2-4;1-2-3-4(5)6;12*1-2;;;;;;;;;;;;;;;;;;;;;/h1,4-5H2,2-3H3;6H,1,3-4H2,2H3;4H,2-3H2,1H3;5H,2-4H2,1H3;2-3H2,1H3;11*1-2H3;2H2,1H3;10*1H3;;;;;;1H;;;;;/q;;;;;;;;;;;;;;;;;10*-1;;;;;;;5*+2. The van der Waals surface area contributed by atoms with Gasteiger partial charge in [0.25, 0.3) is 0 Å². The maximum absolute atomic E-state index is 9.52. The summed E-state index contributed by atoms with van der Waals surface area (Å²) in [5, 5.41) is 27.6. The second-order valence-electron chi connectivity index (χ2n) is 7.16. The fraction of sp³-hybridized carbons (Fsp3) is 0.736. The van der Waals surface area contributed by atoms with Gasteiger partial charge >= 0.3 is 156 Å². The van der Waals surface area contributed by atoms with Gasteiger partial charge in [0.05, 0.1) is 18.2 Å². The van der Waals surface area contributed by atoms with Crippen LogP contribution < -0.4 is 27.4 Å². The van der Waals surface area contributed by atoms with Crippen LogP contribution in [0.3, 0.4) is 0 Å². The molecule has 0 aliphatic carbocycles. The molecule has 0 spiro atoms. The van der Waals surface area contributed by atoms with Crippen LogP contribution in [0.5, 0.6) is 0 Å². The Morgan fingerprint density at radius 1 is 0.474 bits per heavy atom. The van der Waals surface area contributed by atoms with Crippen molar-refractivity contribution < 1.29 is 165 Å². The van der Waals surface area contributed by atoms with E-state index in [1.54, 1.807) is 14.0 Å². The molecule has 0 atom stereocenters. The van der Waals surface area contributed by atoms with Crippen molar-refractivity contribution in [3.63, 3.8) is 0 Å². The molecule has 0 saturated carbocycles. The Morgan fingerprint density at radius 2 is 0.679 bits per heavy atom. The van der Waals surface area contributed by atoms with E-state index in [1.165, 1.54) is 7.05 Å². The van der Waals surface area contributed by atoms with E-state index in [0.717, 1.165) is 50.9 Å². The van der Waals surface area contributed by atoms with Gasteiger partial charge in [-0.1, -0.05) is 172 Å². The van der Waals surface area contributed by atoms with Crippen molar-refractivity contribution in [1.82, 2.24) is 30.7 Å². The molecule has 2 saturated heterocycles. The van der Waals surface area contributed by atoms with E-state index in [0.29, 0.717) is 13.0 Å². The number of rotatable bonds is 7. The van der Waals surface area contributed by atoms with Crippen LogP contribution in [-0.4, -0.2) is 168 Å². The minimum Gasteiger partial charge on any atom is -0.370 e.